The fourth-order valence-corrected chi connectivity index (χ4v) is 3.78. The molecular weight excluding hydrogens is 476 g/mol. The predicted octanol–water partition coefficient (Wildman–Crippen LogP) is -0.319. The summed E-state index contributed by atoms with van der Waals surface area (Å²) >= 11 is 5.38. The third-order valence-electron chi connectivity index (χ3n) is 4.51. The van der Waals surface area contributed by atoms with Gasteiger partial charge in [0.1, 0.15) is 12.6 Å². The number of nitrogens with zero attached hydrogens (tertiary/aromatic N) is 2. The number of ether oxygens (including phenoxy) is 5. The average molecular weight is 505 g/mol. The minimum Gasteiger partial charge on any atom is -0.462 e. The molecule has 1 fully saturated rings. The van der Waals surface area contributed by atoms with Crippen molar-refractivity contribution in [2.75, 3.05) is 13.7 Å². The van der Waals surface area contributed by atoms with Crippen LogP contribution in [0.25, 0.3) is 0 Å². The van der Waals surface area contributed by atoms with Gasteiger partial charge in [0.25, 0.3) is 0 Å². The summed E-state index contributed by atoms with van der Waals surface area (Å²) in [6, 6.07) is -1.43. The van der Waals surface area contributed by atoms with Crippen LogP contribution < -0.4 is 0 Å². The summed E-state index contributed by atoms with van der Waals surface area (Å²) in [6.45, 7) is 6.01. The Morgan fingerprint density at radius 3 is 1.76 bits per heavy atom. The van der Waals surface area contributed by atoms with Gasteiger partial charge >= 0.3 is 29.8 Å². The predicted molar refractivity (Wildman–Crippen MR) is 116 cm³/mol. The summed E-state index contributed by atoms with van der Waals surface area (Å²) < 4.78 is 26.3. The number of likely N-dealkylation sites (N-methyl/N-ethyl adjacent to an activating group) is 1. The average Bonchev–Trinajstić information content (AvgIpc) is 2.67. The van der Waals surface area contributed by atoms with Crippen LogP contribution in [0.1, 0.15) is 41.5 Å². The van der Waals surface area contributed by atoms with Gasteiger partial charge in [0.05, 0.1) is 0 Å². The van der Waals surface area contributed by atoms with Crippen LogP contribution in [-0.2, 0) is 52.5 Å². The molecule has 14 heteroatoms. The van der Waals surface area contributed by atoms with Crippen molar-refractivity contribution in [3.8, 4) is 0 Å². The second-order valence-corrected chi connectivity index (χ2v) is 7.74. The van der Waals surface area contributed by atoms with E-state index in [2.05, 4.69) is 0 Å². The highest BCUT2D eigenvalue weighted by Crippen LogP contribution is 2.31. The molecular formula is C20H28N2O11S. The lowest BCUT2D eigenvalue weighted by Crippen LogP contribution is -2.72. The van der Waals surface area contributed by atoms with Crippen LogP contribution in [0.3, 0.4) is 0 Å². The summed E-state index contributed by atoms with van der Waals surface area (Å²) in [4.78, 5) is 73.9. The molecule has 190 valence electrons. The van der Waals surface area contributed by atoms with E-state index in [9.17, 15) is 28.8 Å². The zero-order valence-corrected chi connectivity index (χ0v) is 20.7. The Bertz CT molecular complexity index is 861. The monoisotopic (exact) mass is 504 g/mol. The van der Waals surface area contributed by atoms with Crippen molar-refractivity contribution in [1.82, 2.24) is 9.80 Å². The number of thiocarbonyl (C=S) groups is 1. The number of amides is 1. The molecule has 1 saturated heterocycles. The van der Waals surface area contributed by atoms with E-state index in [1.165, 1.54) is 11.9 Å². The lowest BCUT2D eigenvalue weighted by Gasteiger charge is -2.50. The molecule has 1 heterocycles. The van der Waals surface area contributed by atoms with E-state index in [0.29, 0.717) is 0 Å². The van der Waals surface area contributed by atoms with Crippen molar-refractivity contribution in [2.24, 2.45) is 0 Å². The molecule has 0 aromatic rings. The maximum absolute atomic E-state index is 12.7. The highest BCUT2D eigenvalue weighted by Gasteiger charge is 2.55. The van der Waals surface area contributed by atoms with Gasteiger partial charge in [0.15, 0.2) is 23.4 Å². The number of hydrogen-bond donors (Lipinski definition) is 0. The fraction of sp³-hybridized carbons (Fsp3) is 0.650. The van der Waals surface area contributed by atoms with Crippen LogP contribution in [0.15, 0.2) is 0 Å². The molecule has 0 aliphatic carbocycles. The Morgan fingerprint density at radius 2 is 1.35 bits per heavy atom. The van der Waals surface area contributed by atoms with Gasteiger partial charge in [0, 0.05) is 48.6 Å². The van der Waals surface area contributed by atoms with Crippen molar-refractivity contribution in [3.63, 3.8) is 0 Å². The highest BCUT2D eigenvalue weighted by molar-refractivity contribution is 7.80. The highest BCUT2D eigenvalue weighted by atomic mass is 32.1. The van der Waals surface area contributed by atoms with Gasteiger partial charge in [-0.15, -0.1) is 0 Å². The smallest absolute Gasteiger partial charge is 0.304 e. The van der Waals surface area contributed by atoms with E-state index in [4.69, 9.17) is 35.9 Å². The Hall–Kier alpha value is -3.29. The Kier molecular flexibility index (Phi) is 10.4. The van der Waals surface area contributed by atoms with Crippen LogP contribution in [0.4, 0.5) is 0 Å². The number of carbonyl (C=O) groups excluding carboxylic acids is 6. The van der Waals surface area contributed by atoms with E-state index in [-0.39, 0.29) is 5.11 Å². The van der Waals surface area contributed by atoms with E-state index in [1.807, 2.05) is 0 Å². The SMILES string of the molecule is CC(=O)OC[C@@H](OC(C)=O)[C@@H](OC(C)=O)[C@H]1[C@@H](OC(C)=O)[C@H](OC(C)=O)N(C)C(=S)N1C(C)=O. The summed E-state index contributed by atoms with van der Waals surface area (Å²) in [5, 5.41) is -0.154. The standard InChI is InChI=1S/C20H28N2O11S/c1-9(23)22-16(17(31-12(4)26)15(30-11(3)25)8-29-10(2)24)18(32-13(5)27)19(33-14(6)28)21(7)20(22)34/h15-19H,8H2,1-7H3/t15-,16+,17-,18-,19+/m1/s1. The largest absolute Gasteiger partial charge is 0.462 e. The summed E-state index contributed by atoms with van der Waals surface area (Å²) in [7, 11) is 1.40. The second-order valence-electron chi connectivity index (χ2n) is 7.37. The second kappa shape index (κ2) is 12.3. The Balaban J connectivity index is 3.77. The molecule has 0 N–H and O–H groups in total. The van der Waals surface area contributed by atoms with Crippen molar-refractivity contribution in [2.45, 2.75) is 72.1 Å². The van der Waals surface area contributed by atoms with Crippen molar-refractivity contribution < 1.29 is 52.5 Å². The summed E-state index contributed by atoms with van der Waals surface area (Å²) in [5.74, 6) is -4.62. The molecule has 0 unspecified atom stereocenters. The first kappa shape index (κ1) is 28.7. The van der Waals surface area contributed by atoms with Crippen molar-refractivity contribution in [3.05, 3.63) is 0 Å². The van der Waals surface area contributed by atoms with E-state index in [0.717, 1.165) is 46.4 Å². The molecule has 1 aliphatic heterocycles. The molecule has 0 aromatic carbocycles. The zero-order chi connectivity index (χ0) is 26.3. The molecule has 13 nitrogen and oxygen atoms in total. The molecule has 5 atom stereocenters. The van der Waals surface area contributed by atoms with Crippen molar-refractivity contribution in [1.29, 1.82) is 0 Å². The molecule has 34 heavy (non-hydrogen) atoms. The third-order valence-corrected chi connectivity index (χ3v) is 4.99. The van der Waals surface area contributed by atoms with Crippen LogP contribution in [-0.4, -0.2) is 94.9 Å². The molecule has 0 bridgehead atoms. The normalized spacial score (nSPS) is 21.6. The minimum absolute atomic E-state index is 0.154. The molecule has 1 aliphatic rings. The van der Waals surface area contributed by atoms with Crippen LogP contribution in [0.2, 0.25) is 0 Å². The first-order valence-corrected chi connectivity index (χ1v) is 10.5. The van der Waals surface area contributed by atoms with Gasteiger partial charge in [-0.05, 0) is 12.2 Å². The summed E-state index contributed by atoms with van der Waals surface area (Å²) in [6.07, 6.45) is -5.79. The van der Waals surface area contributed by atoms with E-state index < -0.39 is 72.9 Å². The molecule has 1 rings (SSSR count). The lowest BCUT2D eigenvalue weighted by atomic mass is 9.94. The quantitative estimate of drug-likeness (QED) is 0.241. The van der Waals surface area contributed by atoms with Gasteiger partial charge in [0.2, 0.25) is 12.1 Å². The van der Waals surface area contributed by atoms with E-state index in [1.54, 1.807) is 0 Å². The fourth-order valence-electron chi connectivity index (χ4n) is 3.42. The topological polar surface area (TPSA) is 155 Å². The Morgan fingerprint density at radius 1 is 0.824 bits per heavy atom. The Labute approximate surface area is 201 Å². The van der Waals surface area contributed by atoms with Gasteiger partial charge in [-0.25, -0.2) is 0 Å². The zero-order valence-electron chi connectivity index (χ0n) is 19.9. The molecule has 0 radical (unpaired) electrons. The molecule has 1 amide bonds. The molecule has 0 spiro atoms. The van der Waals surface area contributed by atoms with Crippen LogP contribution in [0, 0.1) is 0 Å². The van der Waals surface area contributed by atoms with Gasteiger partial charge in [-0.1, -0.05) is 0 Å². The molecule has 0 saturated carbocycles. The van der Waals surface area contributed by atoms with Gasteiger partial charge in [-0.2, -0.15) is 0 Å². The van der Waals surface area contributed by atoms with Crippen LogP contribution in [0.5, 0.6) is 0 Å². The number of esters is 5. The summed E-state index contributed by atoms with van der Waals surface area (Å²) in [5.41, 5.74) is 0. The minimum atomic E-state index is -1.56. The number of rotatable bonds is 8. The van der Waals surface area contributed by atoms with Crippen molar-refractivity contribution >= 4 is 53.1 Å². The maximum atomic E-state index is 12.7. The lowest BCUT2D eigenvalue weighted by molar-refractivity contribution is -0.208. The third kappa shape index (κ3) is 7.64. The number of carbonyl (C=O) groups is 6. The maximum Gasteiger partial charge on any atom is 0.304 e. The first-order valence-electron chi connectivity index (χ1n) is 10.1. The van der Waals surface area contributed by atoms with Crippen LogP contribution >= 0.6 is 12.2 Å². The first-order chi connectivity index (χ1) is 15.7. The number of hydrogen-bond acceptors (Lipinski definition) is 12. The molecule has 0 aromatic heterocycles. The van der Waals surface area contributed by atoms with Gasteiger partial charge < -0.3 is 28.6 Å². The van der Waals surface area contributed by atoms with E-state index >= 15 is 0 Å². The van der Waals surface area contributed by atoms with Gasteiger partial charge in [-0.3, -0.25) is 33.7 Å².